The van der Waals surface area contributed by atoms with E-state index in [4.69, 9.17) is 0 Å². The molecule has 2 aromatic carbocycles. The van der Waals surface area contributed by atoms with Gasteiger partial charge in [0, 0.05) is 59.6 Å². The molecule has 0 bridgehead atoms. The lowest BCUT2D eigenvalue weighted by Crippen LogP contribution is -2.30. The van der Waals surface area contributed by atoms with Gasteiger partial charge in [-0.25, -0.2) is 22.0 Å². The molecule has 29 heavy (non-hydrogen) atoms. The number of anilines is 1. The molecular weight excluding hydrogens is 393 g/mol. The van der Waals surface area contributed by atoms with Gasteiger partial charge in [-0.2, -0.15) is 5.10 Å². The third-order valence-corrected chi connectivity index (χ3v) is 4.92. The average Bonchev–Trinajstić information content (AvgIpc) is 3.09. The summed E-state index contributed by atoms with van der Waals surface area (Å²) in [4.78, 5) is 12.6. The summed E-state index contributed by atoms with van der Waals surface area (Å²) in [5, 5.41) is 6.57. The van der Waals surface area contributed by atoms with Crippen molar-refractivity contribution >= 4 is 11.6 Å². The van der Waals surface area contributed by atoms with Crippen LogP contribution < -0.4 is 5.32 Å². The van der Waals surface area contributed by atoms with Crippen LogP contribution in [0.3, 0.4) is 0 Å². The van der Waals surface area contributed by atoms with Crippen LogP contribution in [0.1, 0.15) is 12.1 Å². The summed E-state index contributed by atoms with van der Waals surface area (Å²) in [7, 11) is 0. The zero-order valence-corrected chi connectivity index (χ0v) is 14.9. The van der Waals surface area contributed by atoms with E-state index in [9.17, 15) is 26.7 Å². The lowest BCUT2D eigenvalue weighted by Gasteiger charge is -2.23. The van der Waals surface area contributed by atoms with Crippen molar-refractivity contribution in [1.82, 2.24) is 9.78 Å². The minimum Gasteiger partial charge on any atom is -0.326 e. The Labute approximate surface area is 162 Å². The Hall–Kier alpha value is -3.23. The van der Waals surface area contributed by atoms with Crippen molar-refractivity contribution in [1.29, 1.82) is 0 Å². The average molecular weight is 407 g/mol. The first kappa shape index (κ1) is 19.1. The van der Waals surface area contributed by atoms with Gasteiger partial charge in [-0.05, 0) is 18.6 Å². The molecule has 9 heteroatoms. The zero-order valence-electron chi connectivity index (χ0n) is 14.9. The van der Waals surface area contributed by atoms with Crippen molar-refractivity contribution in [2.75, 3.05) is 5.32 Å². The van der Waals surface area contributed by atoms with Crippen LogP contribution in [0, 0.1) is 35.0 Å². The Morgan fingerprint density at radius 3 is 2.41 bits per heavy atom. The number of carbonyl (C=O) groups is 1. The molecule has 0 aliphatic carbocycles. The Morgan fingerprint density at radius 2 is 1.72 bits per heavy atom. The maximum absolute atomic E-state index is 14.2. The molecule has 150 valence electrons. The van der Waals surface area contributed by atoms with Gasteiger partial charge < -0.3 is 5.32 Å². The van der Waals surface area contributed by atoms with E-state index in [1.807, 2.05) is 0 Å². The summed E-state index contributed by atoms with van der Waals surface area (Å²) in [5.41, 5.74) is 1.00. The van der Waals surface area contributed by atoms with Crippen LogP contribution in [-0.2, 0) is 17.8 Å². The number of aromatic nitrogens is 2. The molecule has 1 unspecified atom stereocenters. The lowest BCUT2D eigenvalue weighted by molar-refractivity contribution is -0.120. The van der Waals surface area contributed by atoms with Gasteiger partial charge in [0.15, 0.2) is 17.5 Å². The van der Waals surface area contributed by atoms with Gasteiger partial charge in [0.25, 0.3) is 0 Å². The first-order chi connectivity index (χ1) is 13.8. The molecule has 1 atom stereocenters. The van der Waals surface area contributed by atoms with Crippen LogP contribution in [0.15, 0.2) is 36.5 Å². The number of fused-ring (bicyclic) bond motifs is 1. The molecule has 3 aromatic rings. The molecule has 0 radical (unpaired) electrons. The molecule has 4 nitrogen and oxygen atoms in total. The molecule has 0 spiro atoms. The van der Waals surface area contributed by atoms with E-state index in [-0.39, 0.29) is 17.7 Å². The lowest BCUT2D eigenvalue weighted by atomic mass is 9.91. The molecule has 1 aromatic heterocycles. The highest BCUT2D eigenvalue weighted by Crippen LogP contribution is 2.32. The normalized spacial score (nSPS) is 15.8. The van der Waals surface area contributed by atoms with Gasteiger partial charge in [0.2, 0.25) is 5.91 Å². The minimum absolute atomic E-state index is 0.163. The number of amides is 1. The summed E-state index contributed by atoms with van der Waals surface area (Å²) >= 11 is 0. The SMILES string of the molecule is O=C(Nc1cc(F)c(F)c(F)c1)C1CCn2ncc(-c3ccc(F)cc3F)c2C1. The number of aryl methyl sites for hydroxylation is 1. The Kier molecular flexibility index (Phi) is 4.81. The van der Waals surface area contributed by atoms with Crippen LogP contribution in [-0.4, -0.2) is 15.7 Å². The molecule has 1 N–H and O–H groups in total. The predicted octanol–water partition coefficient (Wildman–Crippen LogP) is 4.45. The number of halogens is 5. The third-order valence-electron chi connectivity index (χ3n) is 4.92. The van der Waals surface area contributed by atoms with E-state index in [0.717, 1.165) is 12.1 Å². The van der Waals surface area contributed by atoms with E-state index in [0.29, 0.717) is 36.4 Å². The zero-order chi connectivity index (χ0) is 20.7. The number of nitrogens with zero attached hydrogens (tertiary/aromatic N) is 2. The second-order valence-electron chi connectivity index (χ2n) is 6.79. The minimum atomic E-state index is -1.62. The van der Waals surface area contributed by atoms with Crippen molar-refractivity contribution in [3.8, 4) is 11.1 Å². The van der Waals surface area contributed by atoms with Crippen molar-refractivity contribution in [2.45, 2.75) is 19.4 Å². The number of nitrogens with one attached hydrogen (secondary N) is 1. The molecule has 0 saturated carbocycles. The van der Waals surface area contributed by atoms with E-state index >= 15 is 0 Å². The summed E-state index contributed by atoms with van der Waals surface area (Å²) in [6.45, 7) is 0.377. The highest BCUT2D eigenvalue weighted by Gasteiger charge is 2.29. The second-order valence-corrected chi connectivity index (χ2v) is 6.79. The third kappa shape index (κ3) is 3.59. The van der Waals surface area contributed by atoms with E-state index < -0.39 is 40.9 Å². The van der Waals surface area contributed by atoms with E-state index in [2.05, 4.69) is 10.4 Å². The fourth-order valence-corrected chi connectivity index (χ4v) is 3.46. The molecule has 0 saturated heterocycles. The van der Waals surface area contributed by atoms with Crippen molar-refractivity contribution in [2.24, 2.45) is 5.92 Å². The monoisotopic (exact) mass is 407 g/mol. The van der Waals surface area contributed by atoms with Crippen LogP contribution in [0.4, 0.5) is 27.6 Å². The fourth-order valence-electron chi connectivity index (χ4n) is 3.46. The fraction of sp³-hybridized carbons (Fsp3) is 0.200. The van der Waals surface area contributed by atoms with Gasteiger partial charge >= 0.3 is 0 Å². The van der Waals surface area contributed by atoms with Crippen molar-refractivity contribution in [3.05, 3.63) is 71.3 Å². The summed E-state index contributed by atoms with van der Waals surface area (Å²) in [6, 6.07) is 4.60. The maximum Gasteiger partial charge on any atom is 0.227 e. The standard InChI is InChI=1S/C20H14F5N3O/c21-11-1-2-13(15(22)6-11)14-9-26-28-4-3-10(5-18(14)28)20(29)27-12-7-16(23)19(25)17(24)8-12/h1-2,6-10H,3-5H2,(H,27,29). The Balaban J connectivity index is 1.57. The smallest absolute Gasteiger partial charge is 0.227 e. The highest BCUT2D eigenvalue weighted by atomic mass is 19.2. The molecular formula is C20H14F5N3O. The topological polar surface area (TPSA) is 46.9 Å². The molecule has 1 amide bonds. The summed E-state index contributed by atoms with van der Waals surface area (Å²) in [6.07, 6.45) is 2.05. The Bertz CT molecular complexity index is 1090. The van der Waals surface area contributed by atoms with Gasteiger partial charge in [0.1, 0.15) is 11.6 Å². The molecule has 2 heterocycles. The highest BCUT2D eigenvalue weighted by molar-refractivity contribution is 5.93. The first-order valence-corrected chi connectivity index (χ1v) is 8.79. The maximum atomic E-state index is 14.2. The number of rotatable bonds is 3. The Morgan fingerprint density at radius 1 is 1.00 bits per heavy atom. The number of hydrogen-bond acceptors (Lipinski definition) is 2. The quantitative estimate of drug-likeness (QED) is 0.515. The van der Waals surface area contributed by atoms with Crippen molar-refractivity contribution < 1.29 is 26.7 Å². The van der Waals surface area contributed by atoms with Gasteiger partial charge in [-0.3, -0.25) is 9.48 Å². The molecule has 0 fully saturated rings. The van der Waals surface area contributed by atoms with Crippen molar-refractivity contribution in [3.63, 3.8) is 0 Å². The first-order valence-electron chi connectivity index (χ1n) is 8.79. The van der Waals surface area contributed by atoms with E-state index in [1.165, 1.54) is 12.3 Å². The predicted molar refractivity (Wildman–Crippen MR) is 94.3 cm³/mol. The van der Waals surface area contributed by atoms with E-state index in [1.54, 1.807) is 4.68 Å². The second kappa shape index (κ2) is 7.31. The van der Waals surface area contributed by atoms with Crippen LogP contribution in [0.5, 0.6) is 0 Å². The van der Waals surface area contributed by atoms with Crippen LogP contribution in [0.25, 0.3) is 11.1 Å². The number of carbonyl (C=O) groups excluding carboxylic acids is 1. The summed E-state index contributed by atoms with van der Waals surface area (Å²) in [5.74, 6) is -6.96. The molecule has 1 aliphatic heterocycles. The summed E-state index contributed by atoms with van der Waals surface area (Å²) < 4.78 is 68.8. The number of hydrogen-bond donors (Lipinski definition) is 1. The number of benzene rings is 2. The van der Waals surface area contributed by atoms with Crippen LogP contribution >= 0.6 is 0 Å². The largest absolute Gasteiger partial charge is 0.326 e. The molecule has 1 aliphatic rings. The van der Waals surface area contributed by atoms with Gasteiger partial charge in [0.05, 0.1) is 6.20 Å². The van der Waals surface area contributed by atoms with Gasteiger partial charge in [-0.1, -0.05) is 0 Å². The van der Waals surface area contributed by atoms with Crippen LogP contribution in [0.2, 0.25) is 0 Å². The molecule has 4 rings (SSSR count). The van der Waals surface area contributed by atoms with Gasteiger partial charge in [-0.15, -0.1) is 0 Å².